The van der Waals surface area contributed by atoms with Gasteiger partial charge >= 0.3 is 0 Å². The quantitative estimate of drug-likeness (QED) is 0.764. The SMILES string of the molecule is OC(Cc1ccco1)c1cccc2nccnc12. The Kier molecular flexibility index (Phi) is 2.78. The summed E-state index contributed by atoms with van der Waals surface area (Å²) < 4.78 is 5.24. The van der Waals surface area contributed by atoms with E-state index in [1.54, 1.807) is 18.7 Å². The second-order valence-electron chi connectivity index (χ2n) is 4.07. The fraction of sp³-hybridized carbons (Fsp3) is 0.143. The maximum absolute atomic E-state index is 10.3. The number of aliphatic hydroxyl groups is 1. The smallest absolute Gasteiger partial charge is 0.106 e. The van der Waals surface area contributed by atoms with Gasteiger partial charge in [-0.1, -0.05) is 12.1 Å². The lowest BCUT2D eigenvalue weighted by atomic mass is 10.0. The van der Waals surface area contributed by atoms with E-state index in [-0.39, 0.29) is 0 Å². The largest absolute Gasteiger partial charge is 0.469 e. The van der Waals surface area contributed by atoms with E-state index in [0.717, 1.165) is 22.4 Å². The molecular weight excluding hydrogens is 228 g/mol. The van der Waals surface area contributed by atoms with Crippen LogP contribution in [0.25, 0.3) is 11.0 Å². The third-order valence-corrected chi connectivity index (χ3v) is 2.86. The Morgan fingerprint density at radius 1 is 1.11 bits per heavy atom. The summed E-state index contributed by atoms with van der Waals surface area (Å²) in [4.78, 5) is 8.50. The third kappa shape index (κ3) is 1.98. The molecule has 0 aliphatic carbocycles. The molecule has 0 bridgehead atoms. The van der Waals surface area contributed by atoms with Crippen molar-refractivity contribution in [2.75, 3.05) is 0 Å². The van der Waals surface area contributed by atoms with E-state index in [4.69, 9.17) is 4.42 Å². The molecule has 3 aromatic rings. The van der Waals surface area contributed by atoms with Crippen molar-refractivity contribution in [1.29, 1.82) is 0 Å². The first kappa shape index (κ1) is 10.9. The summed E-state index contributed by atoms with van der Waals surface area (Å²) in [5.74, 6) is 0.753. The van der Waals surface area contributed by atoms with Gasteiger partial charge in [0.25, 0.3) is 0 Å². The van der Waals surface area contributed by atoms with Gasteiger partial charge in [-0.3, -0.25) is 9.97 Å². The van der Waals surface area contributed by atoms with Crippen molar-refractivity contribution in [2.45, 2.75) is 12.5 Å². The molecule has 0 fully saturated rings. The predicted octanol–water partition coefficient (Wildman–Crippen LogP) is 2.50. The molecule has 0 saturated heterocycles. The number of aliphatic hydroxyl groups excluding tert-OH is 1. The fourth-order valence-corrected chi connectivity index (χ4v) is 2.01. The number of aromatic nitrogens is 2. The van der Waals surface area contributed by atoms with Crippen LogP contribution in [-0.4, -0.2) is 15.1 Å². The number of benzene rings is 1. The van der Waals surface area contributed by atoms with Crippen LogP contribution in [0.15, 0.2) is 53.4 Å². The van der Waals surface area contributed by atoms with Gasteiger partial charge in [0.15, 0.2) is 0 Å². The molecule has 90 valence electrons. The fourth-order valence-electron chi connectivity index (χ4n) is 2.01. The monoisotopic (exact) mass is 240 g/mol. The van der Waals surface area contributed by atoms with Crippen LogP contribution in [0.5, 0.6) is 0 Å². The van der Waals surface area contributed by atoms with E-state index >= 15 is 0 Å². The molecule has 4 heteroatoms. The zero-order valence-corrected chi connectivity index (χ0v) is 9.65. The van der Waals surface area contributed by atoms with Gasteiger partial charge in [0.1, 0.15) is 5.76 Å². The van der Waals surface area contributed by atoms with Gasteiger partial charge in [0.05, 0.1) is 23.4 Å². The van der Waals surface area contributed by atoms with Gasteiger partial charge in [-0.15, -0.1) is 0 Å². The second kappa shape index (κ2) is 4.58. The van der Waals surface area contributed by atoms with Gasteiger partial charge in [-0.25, -0.2) is 0 Å². The van der Waals surface area contributed by atoms with E-state index in [9.17, 15) is 5.11 Å². The molecule has 0 amide bonds. The van der Waals surface area contributed by atoms with E-state index < -0.39 is 6.10 Å². The minimum absolute atomic E-state index is 0.433. The highest BCUT2D eigenvalue weighted by Gasteiger charge is 2.14. The summed E-state index contributed by atoms with van der Waals surface area (Å²) in [6.45, 7) is 0. The van der Waals surface area contributed by atoms with Crippen LogP contribution in [0.3, 0.4) is 0 Å². The minimum Gasteiger partial charge on any atom is -0.469 e. The number of furan rings is 1. The maximum atomic E-state index is 10.3. The highest BCUT2D eigenvalue weighted by Crippen LogP contribution is 2.24. The van der Waals surface area contributed by atoms with Crippen LogP contribution in [0.4, 0.5) is 0 Å². The van der Waals surface area contributed by atoms with Crippen molar-refractivity contribution in [3.8, 4) is 0 Å². The summed E-state index contributed by atoms with van der Waals surface area (Å²) in [5, 5.41) is 10.3. The number of rotatable bonds is 3. The molecule has 3 rings (SSSR count). The maximum Gasteiger partial charge on any atom is 0.106 e. The molecule has 18 heavy (non-hydrogen) atoms. The minimum atomic E-state index is -0.642. The van der Waals surface area contributed by atoms with Crippen molar-refractivity contribution >= 4 is 11.0 Å². The Labute approximate surface area is 104 Å². The van der Waals surface area contributed by atoms with Crippen molar-refractivity contribution in [3.63, 3.8) is 0 Å². The summed E-state index contributed by atoms with van der Waals surface area (Å²) in [5.41, 5.74) is 2.30. The molecule has 2 aromatic heterocycles. The van der Waals surface area contributed by atoms with Gasteiger partial charge in [-0.05, 0) is 18.2 Å². The lowest BCUT2D eigenvalue weighted by molar-refractivity contribution is 0.172. The first-order chi connectivity index (χ1) is 8.84. The summed E-state index contributed by atoms with van der Waals surface area (Å²) in [6, 6.07) is 9.28. The van der Waals surface area contributed by atoms with Crippen molar-refractivity contribution in [2.24, 2.45) is 0 Å². The third-order valence-electron chi connectivity index (χ3n) is 2.86. The van der Waals surface area contributed by atoms with Crippen molar-refractivity contribution in [1.82, 2.24) is 9.97 Å². The molecule has 0 spiro atoms. The van der Waals surface area contributed by atoms with Crippen LogP contribution in [0.2, 0.25) is 0 Å². The number of hydrogen-bond acceptors (Lipinski definition) is 4. The topological polar surface area (TPSA) is 59.2 Å². The van der Waals surface area contributed by atoms with E-state index in [2.05, 4.69) is 9.97 Å². The summed E-state index contributed by atoms with van der Waals surface area (Å²) in [6.07, 6.45) is 4.67. The van der Waals surface area contributed by atoms with Gasteiger partial charge in [0.2, 0.25) is 0 Å². The number of nitrogens with zero attached hydrogens (tertiary/aromatic N) is 2. The second-order valence-corrected chi connectivity index (χ2v) is 4.07. The van der Waals surface area contributed by atoms with Gasteiger partial charge in [0, 0.05) is 24.4 Å². The van der Waals surface area contributed by atoms with E-state index in [0.29, 0.717) is 6.42 Å². The standard InChI is InChI=1S/C14H12N2O2/c17-13(9-10-3-2-8-18-10)11-4-1-5-12-14(11)16-7-6-15-12/h1-8,13,17H,9H2. The number of fused-ring (bicyclic) bond motifs is 1. The van der Waals surface area contributed by atoms with E-state index in [1.807, 2.05) is 30.3 Å². The highest BCUT2D eigenvalue weighted by molar-refractivity contribution is 5.77. The zero-order valence-electron chi connectivity index (χ0n) is 9.65. The average Bonchev–Trinajstić information content (AvgIpc) is 2.91. The highest BCUT2D eigenvalue weighted by atomic mass is 16.3. The number of hydrogen-bond donors (Lipinski definition) is 1. The lowest BCUT2D eigenvalue weighted by Crippen LogP contribution is -2.03. The Morgan fingerprint density at radius 3 is 2.83 bits per heavy atom. The first-order valence-corrected chi connectivity index (χ1v) is 5.74. The van der Waals surface area contributed by atoms with E-state index in [1.165, 1.54) is 0 Å². The van der Waals surface area contributed by atoms with Crippen molar-refractivity contribution in [3.05, 3.63) is 60.3 Å². The molecule has 1 aromatic carbocycles. The normalized spacial score (nSPS) is 12.7. The predicted molar refractivity (Wildman–Crippen MR) is 66.9 cm³/mol. The molecule has 2 heterocycles. The molecule has 4 nitrogen and oxygen atoms in total. The Hall–Kier alpha value is -2.20. The molecular formula is C14H12N2O2. The molecule has 0 aliphatic heterocycles. The van der Waals surface area contributed by atoms with Gasteiger partial charge in [-0.2, -0.15) is 0 Å². The zero-order chi connectivity index (χ0) is 12.4. The Bertz CT molecular complexity index is 644. The summed E-state index contributed by atoms with van der Waals surface area (Å²) >= 11 is 0. The Balaban J connectivity index is 1.98. The Morgan fingerprint density at radius 2 is 2.00 bits per heavy atom. The van der Waals surface area contributed by atoms with Crippen molar-refractivity contribution < 1.29 is 9.52 Å². The van der Waals surface area contributed by atoms with Crippen LogP contribution < -0.4 is 0 Å². The number of para-hydroxylation sites is 1. The molecule has 0 saturated carbocycles. The molecule has 1 unspecified atom stereocenters. The molecule has 0 radical (unpaired) electrons. The summed E-state index contributed by atoms with van der Waals surface area (Å²) in [7, 11) is 0. The molecule has 1 atom stereocenters. The van der Waals surface area contributed by atoms with Gasteiger partial charge < -0.3 is 9.52 Å². The lowest BCUT2D eigenvalue weighted by Gasteiger charge is -2.11. The first-order valence-electron chi connectivity index (χ1n) is 5.74. The van der Waals surface area contributed by atoms with Crippen LogP contribution in [-0.2, 0) is 6.42 Å². The van der Waals surface area contributed by atoms with Crippen LogP contribution in [0.1, 0.15) is 17.4 Å². The molecule has 0 aliphatic rings. The van der Waals surface area contributed by atoms with Crippen LogP contribution >= 0.6 is 0 Å². The molecule has 1 N–H and O–H groups in total. The average molecular weight is 240 g/mol. The van der Waals surface area contributed by atoms with Crippen LogP contribution in [0, 0.1) is 0 Å².